The van der Waals surface area contributed by atoms with E-state index in [-0.39, 0.29) is 6.61 Å². The zero-order valence-corrected chi connectivity index (χ0v) is 12.6. The van der Waals surface area contributed by atoms with Crippen molar-refractivity contribution in [2.75, 3.05) is 6.61 Å². The number of hydrogen-bond donors (Lipinski definition) is 2. The number of nitrogens with one attached hydrogen (secondary N) is 1. The lowest BCUT2D eigenvalue weighted by molar-refractivity contribution is -0.136. The number of carbonyl (C=O) groups excluding carboxylic acids is 3. The van der Waals surface area contributed by atoms with E-state index in [1.54, 1.807) is 5.32 Å². The van der Waals surface area contributed by atoms with E-state index in [1.807, 2.05) is 26.8 Å². The second-order valence-electron chi connectivity index (χ2n) is 4.69. The fourth-order valence-corrected chi connectivity index (χ4v) is 1.31. The van der Waals surface area contributed by atoms with Gasteiger partial charge in [0.05, 0.1) is 0 Å². The van der Waals surface area contributed by atoms with Gasteiger partial charge >= 0.3 is 12.0 Å². The topological polar surface area (TPSA) is 98.5 Å². The largest absolute Gasteiger partial charge is 0.458 e. The van der Waals surface area contributed by atoms with Crippen molar-refractivity contribution >= 4 is 17.9 Å². The molecule has 6 nitrogen and oxygen atoms in total. The highest BCUT2D eigenvalue weighted by molar-refractivity contribution is 6.02. The molecule has 0 unspecified atom stereocenters. The van der Waals surface area contributed by atoms with Crippen molar-refractivity contribution in [3.63, 3.8) is 0 Å². The normalized spacial score (nSPS) is 11.1. The monoisotopic (exact) mass is 294 g/mol. The van der Waals surface area contributed by atoms with Gasteiger partial charge in [0.2, 0.25) is 0 Å². The van der Waals surface area contributed by atoms with Crippen molar-refractivity contribution in [1.82, 2.24) is 5.32 Å². The molecule has 0 aliphatic rings. The third kappa shape index (κ3) is 12.4. The van der Waals surface area contributed by atoms with Gasteiger partial charge in [-0.25, -0.2) is 9.59 Å². The van der Waals surface area contributed by atoms with Crippen LogP contribution in [-0.2, 0) is 14.3 Å². The predicted octanol–water partition coefficient (Wildman–Crippen LogP) is 1.97. The minimum absolute atomic E-state index is 0.140. The first-order chi connectivity index (χ1) is 9.81. The van der Waals surface area contributed by atoms with Gasteiger partial charge in [-0.05, 0) is 39.7 Å². The molecule has 3 N–H and O–H groups in total. The van der Waals surface area contributed by atoms with Crippen LogP contribution in [0.2, 0.25) is 0 Å². The number of imide groups is 1. The molecular weight excluding hydrogens is 272 g/mol. The Morgan fingerprint density at radius 1 is 1.10 bits per heavy atom. The molecule has 0 aromatic carbocycles. The molecule has 116 valence electrons. The molecule has 3 amide bonds. The van der Waals surface area contributed by atoms with E-state index in [2.05, 4.69) is 6.08 Å². The number of hydrogen-bond acceptors (Lipinski definition) is 4. The number of allylic oxidation sites excluding steroid dienone is 3. The number of ether oxygens (including phenoxy) is 1. The van der Waals surface area contributed by atoms with Crippen molar-refractivity contribution in [1.29, 1.82) is 0 Å². The van der Waals surface area contributed by atoms with E-state index < -0.39 is 17.9 Å². The van der Waals surface area contributed by atoms with Gasteiger partial charge in [-0.1, -0.05) is 17.2 Å². The Hall–Kier alpha value is -2.37. The zero-order chi connectivity index (χ0) is 16.3. The molecule has 0 saturated heterocycles. The highest BCUT2D eigenvalue weighted by Gasteiger charge is 2.01. The molecule has 0 aromatic heterocycles. The Bertz CT molecular complexity index is 472. The minimum atomic E-state index is -0.979. The summed E-state index contributed by atoms with van der Waals surface area (Å²) in [6, 6.07) is -0.979. The van der Waals surface area contributed by atoms with Crippen LogP contribution in [0.3, 0.4) is 0 Å². The molecule has 0 rings (SSSR count). The molecule has 0 spiro atoms. The van der Waals surface area contributed by atoms with Crippen molar-refractivity contribution in [3.05, 3.63) is 35.5 Å². The van der Waals surface area contributed by atoms with E-state index in [1.165, 1.54) is 5.57 Å². The first-order valence-corrected chi connectivity index (χ1v) is 6.55. The number of urea groups is 1. The average molecular weight is 294 g/mol. The van der Waals surface area contributed by atoms with E-state index in [4.69, 9.17) is 10.5 Å². The fourth-order valence-electron chi connectivity index (χ4n) is 1.31. The van der Waals surface area contributed by atoms with Gasteiger partial charge in [0, 0.05) is 12.2 Å². The van der Waals surface area contributed by atoms with Gasteiger partial charge in [-0.3, -0.25) is 10.1 Å². The maximum absolute atomic E-state index is 11.3. The zero-order valence-electron chi connectivity index (χ0n) is 12.6. The quantitative estimate of drug-likeness (QED) is 0.426. The molecule has 0 heterocycles. The maximum atomic E-state index is 11.3. The summed E-state index contributed by atoms with van der Waals surface area (Å²) in [5, 5.41) is 1.79. The van der Waals surface area contributed by atoms with Gasteiger partial charge in [-0.15, -0.1) is 0 Å². The number of esters is 1. The molecule has 0 atom stereocenters. The fraction of sp³-hybridized carbons (Fsp3) is 0.400. The van der Waals surface area contributed by atoms with Crippen LogP contribution >= 0.6 is 0 Å². The third-order valence-corrected chi connectivity index (χ3v) is 2.37. The standard InChI is InChI=1S/C15H22N2O4/c1-11(2)5-4-6-12(3)9-10-21-14(19)8-7-13(18)17-15(16)20/h5,7-9H,4,6,10H2,1-3H3,(H3,16,17,18,20)/b8-7-,12-9+. The van der Waals surface area contributed by atoms with Crippen LogP contribution in [0.5, 0.6) is 0 Å². The summed E-state index contributed by atoms with van der Waals surface area (Å²) in [5.74, 6) is -1.43. The number of carbonyl (C=O) groups is 3. The Kier molecular flexibility index (Phi) is 9.25. The van der Waals surface area contributed by atoms with Gasteiger partial charge < -0.3 is 10.5 Å². The summed E-state index contributed by atoms with van der Waals surface area (Å²) in [6.07, 6.45) is 7.63. The average Bonchev–Trinajstić information content (AvgIpc) is 2.35. The first-order valence-electron chi connectivity index (χ1n) is 6.55. The second kappa shape index (κ2) is 10.4. The van der Waals surface area contributed by atoms with E-state index in [0.717, 1.165) is 30.6 Å². The van der Waals surface area contributed by atoms with E-state index in [0.29, 0.717) is 0 Å². The SMILES string of the molecule is CC(C)=CCC/C(C)=C/COC(=O)/C=C\C(=O)NC(N)=O. The van der Waals surface area contributed by atoms with Crippen molar-refractivity contribution in [2.24, 2.45) is 5.73 Å². The van der Waals surface area contributed by atoms with Gasteiger partial charge in [0.1, 0.15) is 6.61 Å². The van der Waals surface area contributed by atoms with Crippen LogP contribution < -0.4 is 11.1 Å². The van der Waals surface area contributed by atoms with Crippen molar-refractivity contribution in [2.45, 2.75) is 33.6 Å². The van der Waals surface area contributed by atoms with Crippen molar-refractivity contribution in [3.8, 4) is 0 Å². The molecule has 0 aliphatic carbocycles. The number of primary amides is 1. The van der Waals surface area contributed by atoms with Gasteiger partial charge in [0.15, 0.2) is 0 Å². The van der Waals surface area contributed by atoms with Crippen LogP contribution in [-0.4, -0.2) is 24.5 Å². The molecule has 0 aromatic rings. The lowest BCUT2D eigenvalue weighted by Crippen LogP contribution is -2.33. The number of amides is 3. The van der Waals surface area contributed by atoms with Crippen LogP contribution in [0.1, 0.15) is 33.6 Å². The molecule has 0 bridgehead atoms. The molecular formula is C15H22N2O4. The summed E-state index contributed by atoms with van der Waals surface area (Å²) in [4.78, 5) is 32.6. The molecule has 0 saturated carbocycles. The van der Waals surface area contributed by atoms with Crippen LogP contribution in [0.15, 0.2) is 35.5 Å². The lowest BCUT2D eigenvalue weighted by atomic mass is 10.1. The smallest absolute Gasteiger partial charge is 0.331 e. The van der Waals surface area contributed by atoms with Crippen LogP contribution in [0.4, 0.5) is 4.79 Å². The van der Waals surface area contributed by atoms with Gasteiger partial charge in [0.25, 0.3) is 5.91 Å². The summed E-state index contributed by atoms with van der Waals surface area (Å²) in [7, 11) is 0. The third-order valence-electron chi connectivity index (χ3n) is 2.37. The Morgan fingerprint density at radius 2 is 1.76 bits per heavy atom. The Labute approximate surface area is 124 Å². The highest BCUT2D eigenvalue weighted by Crippen LogP contribution is 2.06. The molecule has 0 fully saturated rings. The lowest BCUT2D eigenvalue weighted by Gasteiger charge is -2.01. The molecule has 21 heavy (non-hydrogen) atoms. The second-order valence-corrected chi connectivity index (χ2v) is 4.69. The van der Waals surface area contributed by atoms with E-state index in [9.17, 15) is 14.4 Å². The highest BCUT2D eigenvalue weighted by atomic mass is 16.5. The Balaban J connectivity index is 4.02. The first kappa shape index (κ1) is 18.6. The summed E-state index contributed by atoms with van der Waals surface area (Å²) in [6.45, 7) is 6.19. The summed E-state index contributed by atoms with van der Waals surface area (Å²) < 4.78 is 4.88. The van der Waals surface area contributed by atoms with Gasteiger partial charge in [-0.2, -0.15) is 0 Å². The molecule has 0 aliphatic heterocycles. The number of rotatable bonds is 7. The predicted molar refractivity (Wildman–Crippen MR) is 80.2 cm³/mol. The Morgan fingerprint density at radius 3 is 2.33 bits per heavy atom. The van der Waals surface area contributed by atoms with Crippen LogP contribution in [0.25, 0.3) is 0 Å². The molecule has 0 radical (unpaired) electrons. The van der Waals surface area contributed by atoms with Crippen LogP contribution in [0, 0.1) is 0 Å². The molecule has 6 heteroatoms. The minimum Gasteiger partial charge on any atom is -0.458 e. The maximum Gasteiger partial charge on any atom is 0.331 e. The number of nitrogens with two attached hydrogens (primary N) is 1. The van der Waals surface area contributed by atoms with E-state index >= 15 is 0 Å². The van der Waals surface area contributed by atoms with Crippen molar-refractivity contribution < 1.29 is 19.1 Å². The summed E-state index contributed by atoms with van der Waals surface area (Å²) >= 11 is 0. The summed E-state index contributed by atoms with van der Waals surface area (Å²) in [5.41, 5.74) is 7.13.